The third kappa shape index (κ3) is 2.71. The van der Waals surface area contributed by atoms with Crippen LogP contribution in [0.2, 0.25) is 0 Å². The first kappa shape index (κ1) is 13.6. The smallest absolute Gasteiger partial charge is 0.227 e. The molecule has 3 heterocycles. The highest BCUT2D eigenvalue weighted by atomic mass is 15.3. The zero-order valence-corrected chi connectivity index (χ0v) is 12.3. The molecule has 0 spiro atoms. The first-order valence-corrected chi connectivity index (χ1v) is 7.47. The first-order chi connectivity index (χ1) is 9.80. The van der Waals surface area contributed by atoms with Crippen LogP contribution >= 0.6 is 0 Å². The Morgan fingerprint density at radius 1 is 1.05 bits per heavy atom. The topological polar surface area (TPSA) is 56.3 Å². The number of anilines is 2. The number of nitrogens with zero attached hydrogens (tertiary/aromatic N) is 4. The van der Waals surface area contributed by atoms with Crippen molar-refractivity contribution in [3.63, 3.8) is 0 Å². The van der Waals surface area contributed by atoms with Crippen molar-refractivity contribution < 1.29 is 0 Å². The molecule has 110 valence electrons. The second kappa shape index (κ2) is 5.93. The van der Waals surface area contributed by atoms with Gasteiger partial charge in [0, 0.05) is 44.5 Å². The van der Waals surface area contributed by atoms with Crippen LogP contribution in [0.1, 0.15) is 12.8 Å². The minimum absolute atomic E-state index is 0.558. The fourth-order valence-corrected chi connectivity index (χ4v) is 3.05. The van der Waals surface area contributed by atoms with Crippen molar-refractivity contribution in [1.29, 1.82) is 0 Å². The average Bonchev–Trinajstić information content (AvgIpc) is 3.16. The molecule has 6 nitrogen and oxygen atoms in total. The highest BCUT2D eigenvalue weighted by Gasteiger charge is 2.25. The molecule has 6 heteroatoms. The Hall–Kier alpha value is -1.40. The molecule has 3 rings (SSSR count). The van der Waals surface area contributed by atoms with E-state index in [2.05, 4.69) is 25.4 Å². The van der Waals surface area contributed by atoms with Gasteiger partial charge in [-0.25, -0.2) is 4.98 Å². The van der Waals surface area contributed by atoms with Gasteiger partial charge in [0.25, 0.3) is 0 Å². The highest BCUT2D eigenvalue weighted by molar-refractivity contribution is 5.45. The molecule has 0 aromatic carbocycles. The molecule has 2 saturated heterocycles. The zero-order valence-electron chi connectivity index (χ0n) is 12.3. The average molecular weight is 276 g/mol. The standard InChI is InChI=1S/C14H24N6/c1-15-11-4-7-19(9-11)13-3-6-17-14(18-13)20-8-5-12(10-20)16-2/h3,6,11-12,15-16H,4-5,7-10H2,1-2H3/t11-,12-/m1/s1. The lowest BCUT2D eigenvalue weighted by atomic mass is 10.3. The number of hydrogen-bond acceptors (Lipinski definition) is 6. The summed E-state index contributed by atoms with van der Waals surface area (Å²) in [6.07, 6.45) is 4.23. The van der Waals surface area contributed by atoms with Crippen molar-refractivity contribution in [2.45, 2.75) is 24.9 Å². The second-order valence-corrected chi connectivity index (χ2v) is 5.66. The van der Waals surface area contributed by atoms with Crippen LogP contribution in [0.15, 0.2) is 12.3 Å². The maximum absolute atomic E-state index is 4.76. The van der Waals surface area contributed by atoms with Crippen LogP contribution in [0, 0.1) is 0 Å². The van der Waals surface area contributed by atoms with Crippen LogP contribution in [0.4, 0.5) is 11.8 Å². The molecule has 2 fully saturated rings. The molecular weight excluding hydrogens is 252 g/mol. The fourth-order valence-electron chi connectivity index (χ4n) is 3.05. The summed E-state index contributed by atoms with van der Waals surface area (Å²) < 4.78 is 0. The normalized spacial score (nSPS) is 26.5. The zero-order chi connectivity index (χ0) is 13.9. The highest BCUT2D eigenvalue weighted by Crippen LogP contribution is 2.22. The molecule has 0 radical (unpaired) electrons. The predicted molar refractivity (Wildman–Crippen MR) is 81.4 cm³/mol. The van der Waals surface area contributed by atoms with E-state index in [1.807, 2.05) is 26.4 Å². The van der Waals surface area contributed by atoms with Crippen LogP contribution in [0.5, 0.6) is 0 Å². The minimum Gasteiger partial charge on any atom is -0.355 e. The van der Waals surface area contributed by atoms with Gasteiger partial charge in [-0.3, -0.25) is 0 Å². The Morgan fingerprint density at radius 2 is 1.70 bits per heavy atom. The van der Waals surface area contributed by atoms with Crippen LogP contribution in [0.3, 0.4) is 0 Å². The van der Waals surface area contributed by atoms with Crippen molar-refractivity contribution in [1.82, 2.24) is 20.6 Å². The number of nitrogens with one attached hydrogen (secondary N) is 2. The molecule has 2 N–H and O–H groups in total. The molecule has 0 aliphatic carbocycles. The molecule has 1 aromatic heterocycles. The lowest BCUT2D eigenvalue weighted by Gasteiger charge is -2.21. The summed E-state index contributed by atoms with van der Waals surface area (Å²) in [6.45, 7) is 4.14. The number of aromatic nitrogens is 2. The largest absolute Gasteiger partial charge is 0.355 e. The van der Waals surface area contributed by atoms with E-state index in [1.165, 1.54) is 6.42 Å². The Labute approximate surface area is 120 Å². The summed E-state index contributed by atoms with van der Waals surface area (Å²) in [5.74, 6) is 1.92. The van der Waals surface area contributed by atoms with E-state index >= 15 is 0 Å². The Kier molecular flexibility index (Phi) is 4.03. The van der Waals surface area contributed by atoms with Crippen molar-refractivity contribution >= 4 is 11.8 Å². The van der Waals surface area contributed by atoms with Gasteiger partial charge in [0.2, 0.25) is 5.95 Å². The fraction of sp³-hybridized carbons (Fsp3) is 0.714. The quantitative estimate of drug-likeness (QED) is 0.812. The Morgan fingerprint density at radius 3 is 2.35 bits per heavy atom. The first-order valence-electron chi connectivity index (χ1n) is 7.47. The van der Waals surface area contributed by atoms with Gasteiger partial charge in [-0.2, -0.15) is 4.98 Å². The van der Waals surface area contributed by atoms with Crippen LogP contribution in [-0.2, 0) is 0 Å². The molecule has 2 aliphatic rings. The molecular formula is C14H24N6. The third-order valence-electron chi connectivity index (χ3n) is 4.43. The van der Waals surface area contributed by atoms with E-state index in [0.29, 0.717) is 12.1 Å². The molecule has 0 saturated carbocycles. The SMILES string of the molecule is CN[C@@H]1CCN(c2ccnc(N3CC[C@@H](NC)C3)n2)C1. The molecule has 20 heavy (non-hydrogen) atoms. The summed E-state index contributed by atoms with van der Waals surface area (Å²) in [7, 11) is 4.05. The Balaban J connectivity index is 1.70. The number of rotatable bonds is 4. The van der Waals surface area contributed by atoms with Gasteiger partial charge in [0.05, 0.1) is 0 Å². The van der Waals surface area contributed by atoms with E-state index in [0.717, 1.165) is 44.4 Å². The van der Waals surface area contributed by atoms with E-state index in [4.69, 9.17) is 4.98 Å². The van der Waals surface area contributed by atoms with Crippen molar-refractivity contribution in [3.05, 3.63) is 12.3 Å². The van der Waals surface area contributed by atoms with E-state index in [1.54, 1.807) is 0 Å². The van der Waals surface area contributed by atoms with Gasteiger partial charge < -0.3 is 20.4 Å². The van der Waals surface area contributed by atoms with Crippen LogP contribution in [0.25, 0.3) is 0 Å². The number of hydrogen-bond donors (Lipinski definition) is 2. The van der Waals surface area contributed by atoms with E-state index in [9.17, 15) is 0 Å². The van der Waals surface area contributed by atoms with Crippen molar-refractivity contribution in [3.8, 4) is 0 Å². The van der Waals surface area contributed by atoms with Crippen molar-refractivity contribution in [2.75, 3.05) is 50.1 Å². The number of likely N-dealkylation sites (N-methyl/N-ethyl adjacent to an activating group) is 2. The monoisotopic (exact) mass is 276 g/mol. The van der Waals surface area contributed by atoms with E-state index < -0.39 is 0 Å². The molecule has 0 amide bonds. The summed E-state index contributed by atoms with van der Waals surface area (Å²) in [6, 6.07) is 3.16. The predicted octanol–water partition coefficient (Wildman–Crippen LogP) is 0.0728. The lowest BCUT2D eigenvalue weighted by Crippen LogP contribution is -2.31. The molecule has 0 bridgehead atoms. The van der Waals surface area contributed by atoms with Gasteiger partial charge >= 0.3 is 0 Å². The van der Waals surface area contributed by atoms with Crippen molar-refractivity contribution in [2.24, 2.45) is 0 Å². The van der Waals surface area contributed by atoms with E-state index in [-0.39, 0.29) is 0 Å². The summed E-state index contributed by atoms with van der Waals surface area (Å²) in [4.78, 5) is 13.8. The molecule has 1 aromatic rings. The molecule has 0 unspecified atom stereocenters. The maximum Gasteiger partial charge on any atom is 0.227 e. The molecule has 2 aliphatic heterocycles. The van der Waals surface area contributed by atoms with Gasteiger partial charge in [0.15, 0.2) is 0 Å². The minimum atomic E-state index is 0.558. The second-order valence-electron chi connectivity index (χ2n) is 5.66. The maximum atomic E-state index is 4.76. The summed E-state index contributed by atoms with van der Waals surface area (Å²) in [5, 5.41) is 6.67. The van der Waals surface area contributed by atoms with Crippen LogP contribution < -0.4 is 20.4 Å². The van der Waals surface area contributed by atoms with Gasteiger partial charge in [-0.05, 0) is 33.0 Å². The summed E-state index contributed by atoms with van der Waals surface area (Å²) >= 11 is 0. The van der Waals surface area contributed by atoms with Gasteiger partial charge in [0.1, 0.15) is 5.82 Å². The van der Waals surface area contributed by atoms with Gasteiger partial charge in [-0.15, -0.1) is 0 Å². The van der Waals surface area contributed by atoms with Crippen LogP contribution in [-0.4, -0.2) is 62.3 Å². The lowest BCUT2D eigenvalue weighted by molar-refractivity contribution is 0.615. The Bertz CT molecular complexity index is 414. The molecule has 2 atom stereocenters. The third-order valence-corrected chi connectivity index (χ3v) is 4.43. The summed E-state index contributed by atoms with van der Waals surface area (Å²) in [5.41, 5.74) is 0. The van der Waals surface area contributed by atoms with Gasteiger partial charge in [-0.1, -0.05) is 0 Å².